The van der Waals surface area contributed by atoms with E-state index < -0.39 is 0 Å². The number of hydrogen-bond donors (Lipinski definition) is 0. The molecule has 12 aromatic rings. The van der Waals surface area contributed by atoms with Crippen LogP contribution >= 0.6 is 0 Å². The van der Waals surface area contributed by atoms with Crippen molar-refractivity contribution in [3.05, 3.63) is 200 Å². The maximum absolute atomic E-state index is 2.49. The lowest BCUT2D eigenvalue weighted by molar-refractivity contribution is 1.18. The zero-order chi connectivity index (χ0) is 36.0. The number of nitrogens with zero attached hydrogens (tertiary/aromatic N) is 3. The Kier molecular flexibility index (Phi) is 6.34. The van der Waals surface area contributed by atoms with Gasteiger partial charge in [0, 0.05) is 60.2 Å². The molecule has 0 unspecified atom stereocenters. The van der Waals surface area contributed by atoms with Crippen LogP contribution in [0.5, 0.6) is 0 Å². The fraction of sp³-hybridized carbons (Fsp3) is 0. The van der Waals surface area contributed by atoms with Crippen LogP contribution in [0.3, 0.4) is 0 Å². The van der Waals surface area contributed by atoms with Crippen molar-refractivity contribution in [2.75, 3.05) is 0 Å². The largest absolute Gasteiger partial charge is 0.309 e. The molecule has 0 amide bonds. The van der Waals surface area contributed by atoms with Crippen LogP contribution in [0.2, 0.25) is 0 Å². The van der Waals surface area contributed by atoms with E-state index in [0.29, 0.717) is 0 Å². The molecular formula is C52H33N3. The molecule has 0 spiro atoms. The van der Waals surface area contributed by atoms with Crippen LogP contribution in [0.4, 0.5) is 0 Å². The second-order valence-corrected chi connectivity index (χ2v) is 14.5. The van der Waals surface area contributed by atoms with Gasteiger partial charge in [-0.15, -0.1) is 0 Å². The van der Waals surface area contributed by atoms with Crippen LogP contribution in [0.1, 0.15) is 0 Å². The average Bonchev–Trinajstić information content (AvgIpc) is 3.90. The first-order valence-electron chi connectivity index (χ1n) is 19.0. The van der Waals surface area contributed by atoms with Gasteiger partial charge in [0.25, 0.3) is 0 Å². The molecule has 0 saturated heterocycles. The highest BCUT2D eigenvalue weighted by Crippen LogP contribution is 2.47. The first-order valence-corrected chi connectivity index (χ1v) is 19.0. The highest BCUT2D eigenvalue weighted by atomic mass is 15.0. The highest BCUT2D eigenvalue weighted by Gasteiger charge is 2.24. The monoisotopic (exact) mass is 699 g/mol. The molecule has 3 nitrogen and oxygen atoms in total. The van der Waals surface area contributed by atoms with Crippen LogP contribution in [0, 0.1) is 0 Å². The molecular weight excluding hydrogens is 667 g/mol. The average molecular weight is 700 g/mol. The quantitative estimate of drug-likeness (QED) is 0.174. The Hall–Kier alpha value is -7.36. The van der Waals surface area contributed by atoms with E-state index in [2.05, 4.69) is 214 Å². The topological polar surface area (TPSA) is 14.8 Å². The Morgan fingerprint density at radius 3 is 1.16 bits per heavy atom. The maximum atomic E-state index is 2.49. The summed E-state index contributed by atoms with van der Waals surface area (Å²) >= 11 is 0. The van der Waals surface area contributed by atoms with E-state index in [0.717, 1.165) is 5.69 Å². The highest BCUT2D eigenvalue weighted by molar-refractivity contribution is 6.37. The van der Waals surface area contributed by atoms with E-state index >= 15 is 0 Å². The Bertz CT molecular complexity index is 3450. The molecule has 0 bridgehead atoms. The van der Waals surface area contributed by atoms with Gasteiger partial charge in [-0.3, -0.25) is 0 Å². The summed E-state index contributed by atoms with van der Waals surface area (Å²) in [5.74, 6) is 0. The van der Waals surface area contributed by atoms with Gasteiger partial charge in [-0.1, -0.05) is 133 Å². The Balaban J connectivity index is 1.10. The van der Waals surface area contributed by atoms with E-state index in [1.807, 2.05) is 0 Å². The summed E-state index contributed by atoms with van der Waals surface area (Å²) in [5.41, 5.74) is 13.2. The molecule has 3 aromatic heterocycles. The summed E-state index contributed by atoms with van der Waals surface area (Å²) in [7, 11) is 0. The lowest BCUT2D eigenvalue weighted by Gasteiger charge is -2.14. The zero-order valence-electron chi connectivity index (χ0n) is 29.9. The van der Waals surface area contributed by atoms with Gasteiger partial charge in [0.15, 0.2) is 0 Å². The van der Waals surface area contributed by atoms with Crippen LogP contribution < -0.4 is 0 Å². The molecule has 55 heavy (non-hydrogen) atoms. The fourth-order valence-electron chi connectivity index (χ4n) is 9.32. The number of aromatic nitrogens is 3. The lowest BCUT2D eigenvalue weighted by atomic mass is 9.99. The van der Waals surface area contributed by atoms with Crippen molar-refractivity contribution in [3.63, 3.8) is 0 Å². The SMILES string of the molecule is c1ccc(-n2c3ccccc3c3cc(-c4ccc(-n5c6ccccc6c6c7c8ccccc8n(-c8ccccc8)c7c7ccccc7c65)cc4)ccc32)cc1. The van der Waals surface area contributed by atoms with E-state index in [-0.39, 0.29) is 0 Å². The van der Waals surface area contributed by atoms with Gasteiger partial charge in [0.05, 0.1) is 33.1 Å². The molecule has 256 valence electrons. The van der Waals surface area contributed by atoms with Gasteiger partial charge in [0.1, 0.15) is 0 Å². The molecule has 12 rings (SSSR count). The minimum absolute atomic E-state index is 1.15. The summed E-state index contributed by atoms with van der Waals surface area (Å²) < 4.78 is 7.32. The van der Waals surface area contributed by atoms with Gasteiger partial charge in [-0.25, -0.2) is 0 Å². The van der Waals surface area contributed by atoms with E-state index in [1.165, 1.54) is 98.7 Å². The molecule has 0 N–H and O–H groups in total. The minimum atomic E-state index is 1.15. The van der Waals surface area contributed by atoms with Crippen molar-refractivity contribution in [1.29, 1.82) is 0 Å². The molecule has 0 saturated carbocycles. The number of rotatable bonds is 4. The molecule has 3 heteroatoms. The van der Waals surface area contributed by atoms with Crippen molar-refractivity contribution >= 4 is 76.2 Å². The van der Waals surface area contributed by atoms with Gasteiger partial charge in [-0.05, 0) is 77.9 Å². The number of fused-ring (bicyclic) bond motifs is 13. The molecule has 0 radical (unpaired) electrons. The second-order valence-electron chi connectivity index (χ2n) is 14.5. The third-order valence-corrected chi connectivity index (χ3v) is 11.6. The fourth-order valence-corrected chi connectivity index (χ4v) is 9.32. The van der Waals surface area contributed by atoms with E-state index in [1.54, 1.807) is 0 Å². The predicted molar refractivity (Wildman–Crippen MR) is 232 cm³/mol. The second kappa shape index (κ2) is 11.6. The predicted octanol–water partition coefficient (Wildman–Crippen LogP) is 13.8. The Labute approximate surface area is 317 Å². The maximum Gasteiger partial charge on any atom is 0.0627 e. The van der Waals surface area contributed by atoms with Crippen LogP contribution in [0.15, 0.2) is 200 Å². The molecule has 0 atom stereocenters. The summed E-state index contributed by atoms with van der Waals surface area (Å²) in [6.45, 7) is 0. The molecule has 0 aliphatic rings. The first-order chi connectivity index (χ1) is 27.3. The number of hydrogen-bond acceptors (Lipinski definition) is 0. The molecule has 9 aromatic carbocycles. The Morgan fingerprint density at radius 2 is 0.618 bits per heavy atom. The van der Waals surface area contributed by atoms with Gasteiger partial charge >= 0.3 is 0 Å². The summed E-state index contributed by atoms with van der Waals surface area (Å²) in [5, 5.41) is 10.1. The minimum Gasteiger partial charge on any atom is -0.309 e. The summed E-state index contributed by atoms with van der Waals surface area (Å²) in [6.07, 6.45) is 0. The van der Waals surface area contributed by atoms with Crippen molar-refractivity contribution in [2.45, 2.75) is 0 Å². The van der Waals surface area contributed by atoms with Crippen molar-refractivity contribution in [2.24, 2.45) is 0 Å². The van der Waals surface area contributed by atoms with Crippen LogP contribution in [-0.4, -0.2) is 13.7 Å². The lowest BCUT2D eigenvalue weighted by Crippen LogP contribution is -1.96. The number of para-hydroxylation sites is 5. The van der Waals surface area contributed by atoms with E-state index in [9.17, 15) is 0 Å². The molecule has 0 aliphatic heterocycles. The van der Waals surface area contributed by atoms with Crippen molar-refractivity contribution in [3.8, 4) is 28.2 Å². The van der Waals surface area contributed by atoms with Gasteiger partial charge < -0.3 is 13.7 Å². The van der Waals surface area contributed by atoms with Gasteiger partial charge in [-0.2, -0.15) is 0 Å². The van der Waals surface area contributed by atoms with Crippen LogP contribution in [-0.2, 0) is 0 Å². The molecule has 0 fully saturated rings. The molecule has 0 aliphatic carbocycles. The zero-order valence-corrected chi connectivity index (χ0v) is 29.9. The van der Waals surface area contributed by atoms with Crippen LogP contribution in [0.25, 0.3) is 104 Å². The number of benzene rings is 9. The van der Waals surface area contributed by atoms with Crippen molar-refractivity contribution in [1.82, 2.24) is 13.7 Å². The van der Waals surface area contributed by atoms with Gasteiger partial charge in [0.2, 0.25) is 0 Å². The normalized spacial score (nSPS) is 12.0. The first kappa shape index (κ1) is 30.1. The third kappa shape index (κ3) is 4.26. The molecule has 3 heterocycles. The smallest absolute Gasteiger partial charge is 0.0627 e. The summed E-state index contributed by atoms with van der Waals surface area (Å²) in [4.78, 5) is 0. The van der Waals surface area contributed by atoms with E-state index in [4.69, 9.17) is 0 Å². The summed E-state index contributed by atoms with van der Waals surface area (Å²) in [6, 6.07) is 73.0. The van der Waals surface area contributed by atoms with Crippen molar-refractivity contribution < 1.29 is 0 Å². The Morgan fingerprint density at radius 1 is 0.236 bits per heavy atom. The standard InChI is InChI=1S/C52H33N3/c1-3-15-36(16-4-1)53-45-24-12-9-19-39(45)44-33-35(29-32-48(44)53)34-27-30-38(31-28-34)55-47-26-14-11-23-43(47)50-49-42-22-10-13-25-46(42)54(37-17-5-2-6-18-37)51(49)40-20-7-8-21-41(40)52(50)55/h1-33H. The third-order valence-electron chi connectivity index (χ3n) is 11.6.